The number of carbonyl (C=O) groups excluding carboxylic acids is 2. The highest BCUT2D eigenvalue weighted by Crippen LogP contribution is 2.76. The average Bonchev–Trinajstić information content (AvgIpc) is 3.29. The second-order valence-corrected chi connectivity index (χ2v) is 23.6. The van der Waals surface area contributed by atoms with Crippen molar-refractivity contribution in [3.8, 4) is 0 Å². The number of ether oxygens (including phenoxy) is 6. The van der Waals surface area contributed by atoms with Crippen molar-refractivity contribution in [3.63, 3.8) is 0 Å². The number of rotatable bonds is 11. The van der Waals surface area contributed by atoms with Crippen LogP contribution in [0.2, 0.25) is 0 Å². The Morgan fingerprint density at radius 2 is 1.51 bits per heavy atom. The van der Waals surface area contributed by atoms with E-state index in [4.69, 9.17) is 28.4 Å². The van der Waals surface area contributed by atoms with E-state index in [0.717, 1.165) is 5.57 Å². The minimum atomic E-state index is -1.94. The summed E-state index contributed by atoms with van der Waals surface area (Å²) in [7, 11) is 0. The first kappa shape index (κ1) is 54.2. The lowest BCUT2D eigenvalue weighted by molar-refractivity contribution is -0.357. The minimum absolute atomic E-state index is 0.0241. The van der Waals surface area contributed by atoms with E-state index in [1.54, 1.807) is 26.8 Å². The van der Waals surface area contributed by atoms with Crippen molar-refractivity contribution in [2.75, 3.05) is 13.2 Å². The molecule has 22 atom stereocenters. The molecule has 0 bridgehead atoms. The molecule has 5 aliphatic carbocycles. The van der Waals surface area contributed by atoms with Gasteiger partial charge in [0.15, 0.2) is 24.8 Å². The van der Waals surface area contributed by atoms with E-state index in [9.17, 15) is 60.3 Å². The van der Waals surface area contributed by atoms with Crippen molar-refractivity contribution in [1.29, 1.82) is 0 Å². The Kier molecular flexibility index (Phi) is 14.9. The van der Waals surface area contributed by atoms with Gasteiger partial charge < -0.3 is 74.4 Å². The Balaban J connectivity index is 1.20. The monoisotopic (exact) mass is 981 g/mol. The molecule has 18 nitrogen and oxygen atoms in total. The third-order valence-electron chi connectivity index (χ3n) is 19.5. The summed E-state index contributed by atoms with van der Waals surface area (Å²) >= 11 is 0. The molecule has 0 amide bonds. The Labute approximate surface area is 405 Å². The third-order valence-corrected chi connectivity index (χ3v) is 19.5. The zero-order valence-electron chi connectivity index (χ0n) is 42.1. The number of aliphatic hydroxyl groups excluding tert-OH is 8. The number of carboxylic acids is 1. The van der Waals surface area contributed by atoms with Gasteiger partial charge in [0.25, 0.3) is 0 Å². The smallest absolute Gasteiger partial charge is 0.335 e. The number of hydrogen-bond acceptors (Lipinski definition) is 17. The molecule has 2 saturated heterocycles. The molecular formula is C51H80O18. The number of aliphatic hydroxyl groups is 8. The molecule has 7 aliphatic rings. The van der Waals surface area contributed by atoms with E-state index in [1.807, 2.05) is 27.7 Å². The first-order valence-corrected chi connectivity index (χ1v) is 25.0. The maximum Gasteiger partial charge on any atom is 0.335 e. The number of fused-ring (bicyclic) bond motifs is 7. The van der Waals surface area contributed by atoms with E-state index in [0.29, 0.717) is 50.5 Å². The molecule has 18 heteroatoms. The van der Waals surface area contributed by atoms with Gasteiger partial charge >= 0.3 is 17.9 Å². The average molecular weight is 981 g/mol. The molecule has 0 aromatic heterocycles. The SMILES string of the molecule is C/C=C(/C)C(=O)O[C@H]1[C@H](OC(=O)C(C)CC)[C@@]2(CO)C(CC1(C)C)C1=CCC3[C@@]4(C)CCC(O[C@@H]5O[C@H](C(=O)O)[C@@H](O)[C@H](O[C@@H]6OC[C@H](O)[C@H](O)[C@H]6O)[C@H]5O)C(C)(C)C4CC[C@@]3(C)[C@]1(C)[C@@H](O)[C@H]2O. The van der Waals surface area contributed by atoms with Crippen molar-refractivity contribution in [2.24, 2.45) is 56.2 Å². The van der Waals surface area contributed by atoms with Crippen LogP contribution >= 0.6 is 0 Å². The summed E-state index contributed by atoms with van der Waals surface area (Å²) in [5, 5.41) is 101. The van der Waals surface area contributed by atoms with Crippen molar-refractivity contribution < 1.29 is 88.8 Å². The van der Waals surface area contributed by atoms with Gasteiger partial charge in [0.05, 0.1) is 42.9 Å². The molecule has 0 radical (unpaired) electrons. The van der Waals surface area contributed by atoms with Crippen molar-refractivity contribution in [3.05, 3.63) is 23.3 Å². The fraction of sp³-hybridized carbons (Fsp3) is 0.863. The van der Waals surface area contributed by atoms with Crippen molar-refractivity contribution >= 4 is 17.9 Å². The standard InChI is InChI=1S/C51H80O18/c1-12-23(3)42(62)68-39-40(69-43(63)24(4)13-2)51(22-52)26(20-46(39,5)6)25-14-15-29-48(9)18-17-30(47(7,8)28(48)16-19-49(29,10)50(25,11)37(58)38(51)59)65-45-34(57)35(33(56)36(67-45)41(60)61)66-44-32(55)31(54)27(53)21-64-44/h12,14,24,26-40,44-45,52-59H,13,15-22H2,1-11H3,(H,60,61)/b23-12-/t24?,26?,27-,28?,29?,30?,31-,32+,33-,34+,35-,36-,37-,38+,39-,40-,44-,45+,48-,49+,50-,51-/m0/s1. The van der Waals surface area contributed by atoms with Crippen LogP contribution in [0.5, 0.6) is 0 Å². The molecule has 0 aromatic carbocycles. The van der Waals surface area contributed by atoms with E-state index in [1.165, 1.54) is 0 Å². The highest BCUT2D eigenvalue weighted by molar-refractivity contribution is 5.87. The first-order valence-electron chi connectivity index (χ1n) is 25.0. The number of esters is 2. The Bertz CT molecular complexity index is 2000. The quantitative estimate of drug-likeness (QED) is 0.0622. The van der Waals surface area contributed by atoms with Gasteiger partial charge in [-0.15, -0.1) is 0 Å². The summed E-state index contributed by atoms with van der Waals surface area (Å²) in [6.07, 6.45) is -13.9. The van der Waals surface area contributed by atoms with E-state index in [2.05, 4.69) is 33.8 Å². The van der Waals surface area contributed by atoms with Crippen molar-refractivity contribution in [1.82, 2.24) is 0 Å². The van der Waals surface area contributed by atoms with Crippen LogP contribution in [0.15, 0.2) is 23.3 Å². The number of carbonyl (C=O) groups is 3. The number of hydrogen-bond donors (Lipinski definition) is 9. The summed E-state index contributed by atoms with van der Waals surface area (Å²) in [5.41, 5.74) is -3.93. The summed E-state index contributed by atoms with van der Waals surface area (Å²) in [5.74, 6) is -3.92. The van der Waals surface area contributed by atoms with Crippen LogP contribution < -0.4 is 0 Å². The van der Waals surface area contributed by atoms with Crippen LogP contribution in [0.1, 0.15) is 121 Å². The summed E-state index contributed by atoms with van der Waals surface area (Å²) in [6, 6.07) is 0. The van der Waals surface area contributed by atoms with E-state index >= 15 is 0 Å². The lowest BCUT2D eigenvalue weighted by Gasteiger charge is -2.73. The van der Waals surface area contributed by atoms with Gasteiger partial charge in [-0.1, -0.05) is 80.0 Å². The maximum atomic E-state index is 13.8. The Morgan fingerprint density at radius 1 is 0.841 bits per heavy atom. The van der Waals surface area contributed by atoms with Crippen LogP contribution in [0, 0.1) is 56.2 Å². The van der Waals surface area contributed by atoms with Crippen LogP contribution in [0.25, 0.3) is 0 Å². The minimum Gasteiger partial charge on any atom is -0.479 e. The Morgan fingerprint density at radius 3 is 2.12 bits per heavy atom. The highest BCUT2D eigenvalue weighted by atomic mass is 16.7. The zero-order chi connectivity index (χ0) is 51.3. The predicted molar refractivity (Wildman–Crippen MR) is 244 cm³/mol. The van der Waals surface area contributed by atoms with Crippen molar-refractivity contribution in [2.45, 2.75) is 207 Å². The van der Waals surface area contributed by atoms with Gasteiger partial charge in [-0.3, -0.25) is 4.79 Å². The fourth-order valence-electron chi connectivity index (χ4n) is 14.8. The fourth-order valence-corrected chi connectivity index (χ4v) is 14.8. The summed E-state index contributed by atoms with van der Waals surface area (Å²) in [4.78, 5) is 39.7. The normalized spacial score (nSPS) is 48.6. The molecule has 7 rings (SSSR count). The molecule has 0 aromatic rings. The van der Waals surface area contributed by atoms with E-state index in [-0.39, 0.29) is 17.3 Å². The lowest BCUT2D eigenvalue weighted by Crippen LogP contribution is -2.76. The molecule has 6 fully saturated rings. The molecular weight excluding hydrogens is 901 g/mol. The molecule has 2 heterocycles. The molecule has 9 N–H and O–H groups in total. The molecule has 392 valence electrons. The number of carboxylic acid groups (broad SMARTS) is 1. The highest BCUT2D eigenvalue weighted by Gasteiger charge is 2.76. The second-order valence-electron chi connectivity index (χ2n) is 23.6. The topological polar surface area (TPSA) is 289 Å². The Hall–Kier alpha value is -2.59. The molecule has 5 unspecified atom stereocenters. The van der Waals surface area contributed by atoms with Gasteiger partial charge in [-0.25, -0.2) is 9.59 Å². The maximum absolute atomic E-state index is 13.8. The van der Waals surface area contributed by atoms with Crippen LogP contribution in [-0.4, -0.2) is 163 Å². The van der Waals surface area contributed by atoms with E-state index < -0.39 is 156 Å². The molecule has 0 spiro atoms. The molecule has 69 heavy (non-hydrogen) atoms. The van der Waals surface area contributed by atoms with Crippen LogP contribution in [0.4, 0.5) is 0 Å². The summed E-state index contributed by atoms with van der Waals surface area (Å²) in [6.45, 7) is 20.3. The number of aliphatic carboxylic acids is 1. The first-order chi connectivity index (χ1) is 32.1. The van der Waals surface area contributed by atoms with Gasteiger partial charge in [0, 0.05) is 16.4 Å². The largest absolute Gasteiger partial charge is 0.479 e. The van der Waals surface area contributed by atoms with Gasteiger partial charge in [-0.2, -0.15) is 0 Å². The van der Waals surface area contributed by atoms with Gasteiger partial charge in [-0.05, 0) is 92.8 Å². The molecule has 2 aliphatic heterocycles. The second kappa shape index (κ2) is 19.0. The predicted octanol–water partition coefficient (Wildman–Crippen LogP) is 2.52. The lowest BCUT2D eigenvalue weighted by atomic mass is 9.32. The van der Waals surface area contributed by atoms with Gasteiger partial charge in [0.1, 0.15) is 42.7 Å². The zero-order valence-corrected chi connectivity index (χ0v) is 42.1. The molecule has 4 saturated carbocycles. The summed E-state index contributed by atoms with van der Waals surface area (Å²) < 4.78 is 36.0. The van der Waals surface area contributed by atoms with Crippen LogP contribution in [-0.2, 0) is 42.8 Å². The third kappa shape index (κ3) is 8.26. The van der Waals surface area contributed by atoms with Crippen LogP contribution in [0.3, 0.4) is 0 Å². The number of allylic oxidation sites excluding steroid dienone is 2. The van der Waals surface area contributed by atoms with Gasteiger partial charge in [0.2, 0.25) is 0 Å².